The molecular weight excluding hydrogens is 228 g/mol. The van der Waals surface area contributed by atoms with E-state index in [0.29, 0.717) is 6.54 Å². The number of hydrazine groups is 1. The monoisotopic (exact) mass is 246 g/mol. The van der Waals surface area contributed by atoms with Gasteiger partial charge in [-0.3, -0.25) is 10.2 Å². The van der Waals surface area contributed by atoms with E-state index in [0.717, 1.165) is 16.9 Å². The molecule has 0 saturated carbocycles. The van der Waals surface area contributed by atoms with Crippen molar-refractivity contribution in [2.24, 2.45) is 0 Å². The fourth-order valence-electron chi connectivity index (χ4n) is 1.72. The van der Waals surface area contributed by atoms with Crippen LogP contribution in [0, 0.1) is 0 Å². The first-order valence-corrected chi connectivity index (χ1v) is 5.97. The Hall–Kier alpha value is -1.81. The Morgan fingerprint density at radius 1 is 1.33 bits per heavy atom. The molecule has 1 fully saturated rings. The van der Waals surface area contributed by atoms with E-state index in [1.54, 1.807) is 0 Å². The summed E-state index contributed by atoms with van der Waals surface area (Å²) in [5, 5.41) is 0. The van der Waals surface area contributed by atoms with Crippen molar-refractivity contribution in [1.82, 2.24) is 10.9 Å². The van der Waals surface area contributed by atoms with E-state index in [1.807, 2.05) is 51.1 Å². The third-order valence-electron chi connectivity index (χ3n) is 2.40. The van der Waals surface area contributed by atoms with Gasteiger partial charge in [-0.15, -0.1) is 0 Å². The number of hydrogen-bond acceptors (Lipinski definition) is 3. The van der Waals surface area contributed by atoms with E-state index in [9.17, 15) is 4.79 Å². The Bertz CT molecular complexity index is 487. The quantitative estimate of drug-likeness (QED) is 0.783. The molecule has 1 heterocycles. The number of carbonyl (C=O) groups is 1. The number of rotatable bonds is 2. The highest BCUT2D eigenvalue weighted by molar-refractivity contribution is 5.99. The van der Waals surface area contributed by atoms with Crippen LogP contribution in [0.3, 0.4) is 0 Å². The molecule has 4 nitrogen and oxygen atoms in total. The Balaban J connectivity index is 2.20. The lowest BCUT2D eigenvalue weighted by atomic mass is 10.1. The standard InChI is InChI=1S/C14H18N2O2/c1-14(2,3)18-12-6-4-5-10(8-12)7-11-9-15-16-13(11)17/h4-8,15H,9H2,1-3H3,(H,16,17)/b11-7+. The van der Waals surface area contributed by atoms with Crippen LogP contribution in [-0.2, 0) is 4.79 Å². The summed E-state index contributed by atoms with van der Waals surface area (Å²) in [7, 11) is 0. The molecule has 2 N–H and O–H groups in total. The highest BCUT2D eigenvalue weighted by Gasteiger charge is 2.16. The zero-order chi connectivity index (χ0) is 13.2. The molecular formula is C14H18N2O2. The van der Waals surface area contributed by atoms with Gasteiger partial charge in [0.15, 0.2) is 0 Å². The molecule has 4 heteroatoms. The number of nitrogens with one attached hydrogen (secondary N) is 2. The fourth-order valence-corrected chi connectivity index (χ4v) is 1.72. The first-order chi connectivity index (χ1) is 8.44. The van der Waals surface area contributed by atoms with Gasteiger partial charge in [0.2, 0.25) is 0 Å². The number of benzene rings is 1. The highest BCUT2D eigenvalue weighted by atomic mass is 16.5. The van der Waals surface area contributed by atoms with E-state index in [2.05, 4.69) is 10.9 Å². The third-order valence-corrected chi connectivity index (χ3v) is 2.40. The molecule has 0 aromatic heterocycles. The van der Waals surface area contributed by atoms with Crippen molar-refractivity contribution >= 4 is 12.0 Å². The van der Waals surface area contributed by atoms with E-state index >= 15 is 0 Å². The van der Waals surface area contributed by atoms with Gasteiger partial charge in [0.05, 0.1) is 0 Å². The first-order valence-electron chi connectivity index (χ1n) is 5.97. The van der Waals surface area contributed by atoms with Crippen LogP contribution in [0.25, 0.3) is 6.08 Å². The Kier molecular flexibility index (Phi) is 3.39. The van der Waals surface area contributed by atoms with E-state index in [-0.39, 0.29) is 11.5 Å². The molecule has 1 aliphatic heterocycles. The van der Waals surface area contributed by atoms with Crippen LogP contribution in [0.4, 0.5) is 0 Å². The summed E-state index contributed by atoms with van der Waals surface area (Å²) in [6.07, 6.45) is 1.87. The van der Waals surface area contributed by atoms with E-state index in [1.165, 1.54) is 0 Å². The van der Waals surface area contributed by atoms with Crippen molar-refractivity contribution in [1.29, 1.82) is 0 Å². The zero-order valence-corrected chi connectivity index (χ0v) is 10.9. The molecule has 1 aromatic carbocycles. The molecule has 0 spiro atoms. The topological polar surface area (TPSA) is 50.4 Å². The minimum atomic E-state index is -0.224. The molecule has 18 heavy (non-hydrogen) atoms. The van der Waals surface area contributed by atoms with Crippen LogP contribution in [0.15, 0.2) is 29.8 Å². The maximum Gasteiger partial charge on any atom is 0.262 e. The number of carbonyl (C=O) groups excluding carboxylic acids is 1. The average molecular weight is 246 g/mol. The molecule has 1 saturated heterocycles. The molecule has 1 aliphatic rings. The maximum absolute atomic E-state index is 11.4. The summed E-state index contributed by atoms with van der Waals surface area (Å²) in [5.74, 6) is 0.736. The molecule has 0 bridgehead atoms. The molecule has 96 valence electrons. The minimum absolute atomic E-state index is 0.0721. The van der Waals surface area contributed by atoms with Crippen LogP contribution in [-0.4, -0.2) is 18.1 Å². The lowest BCUT2D eigenvalue weighted by molar-refractivity contribution is -0.116. The summed E-state index contributed by atoms with van der Waals surface area (Å²) in [4.78, 5) is 11.4. The Labute approximate surface area is 107 Å². The lowest BCUT2D eigenvalue weighted by Gasteiger charge is -2.21. The van der Waals surface area contributed by atoms with E-state index in [4.69, 9.17) is 4.74 Å². The Morgan fingerprint density at radius 3 is 2.72 bits per heavy atom. The first kappa shape index (κ1) is 12.6. The molecule has 0 atom stereocenters. The van der Waals surface area contributed by atoms with Crippen LogP contribution in [0.2, 0.25) is 0 Å². The predicted octanol–water partition coefficient (Wildman–Crippen LogP) is 1.88. The minimum Gasteiger partial charge on any atom is -0.488 e. The van der Waals surface area contributed by atoms with Crippen molar-refractivity contribution in [3.8, 4) is 5.75 Å². The van der Waals surface area contributed by atoms with Crippen molar-refractivity contribution < 1.29 is 9.53 Å². The van der Waals surface area contributed by atoms with Crippen LogP contribution >= 0.6 is 0 Å². The van der Waals surface area contributed by atoms with E-state index < -0.39 is 0 Å². The zero-order valence-electron chi connectivity index (χ0n) is 10.9. The van der Waals surface area contributed by atoms with Crippen LogP contribution in [0.1, 0.15) is 26.3 Å². The largest absolute Gasteiger partial charge is 0.488 e. The van der Waals surface area contributed by atoms with Crippen molar-refractivity contribution in [3.63, 3.8) is 0 Å². The van der Waals surface area contributed by atoms with Crippen molar-refractivity contribution in [3.05, 3.63) is 35.4 Å². The van der Waals surface area contributed by atoms with Gasteiger partial charge >= 0.3 is 0 Å². The predicted molar refractivity (Wildman–Crippen MR) is 70.9 cm³/mol. The summed E-state index contributed by atoms with van der Waals surface area (Å²) in [5.41, 5.74) is 6.81. The van der Waals surface area contributed by atoms with Crippen LogP contribution in [0.5, 0.6) is 5.75 Å². The lowest BCUT2D eigenvalue weighted by Crippen LogP contribution is -2.25. The molecule has 0 unspecified atom stereocenters. The second kappa shape index (κ2) is 4.82. The van der Waals surface area contributed by atoms with Gasteiger partial charge in [-0.05, 0) is 44.5 Å². The summed E-state index contributed by atoms with van der Waals surface area (Å²) < 4.78 is 5.79. The molecule has 1 aromatic rings. The third kappa shape index (κ3) is 3.34. The molecule has 1 amide bonds. The van der Waals surface area contributed by atoms with Gasteiger partial charge in [0, 0.05) is 12.1 Å². The van der Waals surface area contributed by atoms with Gasteiger partial charge in [-0.1, -0.05) is 12.1 Å². The van der Waals surface area contributed by atoms with Crippen molar-refractivity contribution in [2.45, 2.75) is 26.4 Å². The summed E-state index contributed by atoms with van der Waals surface area (Å²) in [6.45, 7) is 6.56. The number of ether oxygens (including phenoxy) is 1. The second-order valence-electron chi connectivity index (χ2n) is 5.26. The summed E-state index contributed by atoms with van der Waals surface area (Å²) in [6, 6.07) is 7.73. The second-order valence-corrected chi connectivity index (χ2v) is 5.26. The fraction of sp³-hybridized carbons (Fsp3) is 0.357. The summed E-state index contributed by atoms with van der Waals surface area (Å²) >= 11 is 0. The van der Waals surface area contributed by atoms with Gasteiger partial charge in [-0.2, -0.15) is 0 Å². The van der Waals surface area contributed by atoms with Crippen LogP contribution < -0.4 is 15.6 Å². The SMILES string of the molecule is CC(C)(C)Oc1cccc(/C=C2\CNNC2=O)c1. The normalized spacial score (nSPS) is 17.9. The van der Waals surface area contributed by atoms with Gasteiger partial charge < -0.3 is 4.74 Å². The van der Waals surface area contributed by atoms with Gasteiger partial charge in [0.25, 0.3) is 5.91 Å². The highest BCUT2D eigenvalue weighted by Crippen LogP contribution is 2.20. The molecule has 2 rings (SSSR count). The smallest absolute Gasteiger partial charge is 0.262 e. The van der Waals surface area contributed by atoms with Gasteiger partial charge in [0.1, 0.15) is 11.4 Å². The van der Waals surface area contributed by atoms with Crippen molar-refractivity contribution in [2.75, 3.05) is 6.54 Å². The number of amides is 1. The molecule has 0 radical (unpaired) electrons. The van der Waals surface area contributed by atoms with Gasteiger partial charge in [-0.25, -0.2) is 5.43 Å². The number of hydrogen-bond donors (Lipinski definition) is 2. The average Bonchev–Trinajstić information content (AvgIpc) is 2.62. The maximum atomic E-state index is 11.4. The Morgan fingerprint density at radius 2 is 2.11 bits per heavy atom. The molecule has 0 aliphatic carbocycles.